The lowest BCUT2D eigenvalue weighted by Crippen LogP contribution is -2.50. The number of aliphatic carboxylic acids is 1. The van der Waals surface area contributed by atoms with E-state index in [1.54, 1.807) is 13.1 Å². The van der Waals surface area contributed by atoms with E-state index in [4.69, 9.17) is 4.74 Å². The van der Waals surface area contributed by atoms with E-state index in [0.717, 1.165) is 22.3 Å². The van der Waals surface area contributed by atoms with Crippen LogP contribution in [0, 0.1) is 5.92 Å². The second kappa shape index (κ2) is 9.25. The van der Waals surface area contributed by atoms with Gasteiger partial charge in [-0.15, -0.1) is 0 Å². The number of rotatable bonds is 7. The monoisotopic (exact) mass is 474 g/mol. The van der Waals surface area contributed by atoms with Gasteiger partial charge in [-0.05, 0) is 41.2 Å². The first-order valence-corrected chi connectivity index (χ1v) is 11.5. The highest BCUT2D eigenvalue weighted by atomic mass is 16.5. The third kappa shape index (κ3) is 4.37. The van der Waals surface area contributed by atoms with E-state index >= 15 is 0 Å². The second-order valence-electron chi connectivity index (χ2n) is 8.99. The SMILES string of the molecule is Cn1nccc1C(NC(=O)C1CC(NC(=O)OCC2c3ccccc3-c3ccccc32)C1)C(=O)O. The first kappa shape index (κ1) is 22.6. The van der Waals surface area contributed by atoms with Crippen LogP contribution in [-0.4, -0.2) is 45.5 Å². The van der Waals surface area contributed by atoms with Crippen LogP contribution in [0.4, 0.5) is 4.79 Å². The van der Waals surface area contributed by atoms with Gasteiger partial charge >= 0.3 is 12.1 Å². The molecule has 3 aromatic rings. The predicted octanol–water partition coefficient (Wildman–Crippen LogP) is 2.98. The number of carboxylic acids is 1. The van der Waals surface area contributed by atoms with E-state index in [1.165, 1.54) is 10.9 Å². The molecule has 0 spiro atoms. The van der Waals surface area contributed by atoms with Crippen LogP contribution in [0.3, 0.4) is 0 Å². The van der Waals surface area contributed by atoms with Crippen molar-refractivity contribution in [1.82, 2.24) is 20.4 Å². The summed E-state index contributed by atoms with van der Waals surface area (Å²) in [5, 5.41) is 18.9. The van der Waals surface area contributed by atoms with Gasteiger partial charge in [0.15, 0.2) is 6.04 Å². The fourth-order valence-corrected chi connectivity index (χ4v) is 4.95. The molecule has 0 bridgehead atoms. The molecule has 2 amide bonds. The Morgan fingerprint density at radius 3 is 2.26 bits per heavy atom. The Hall–Kier alpha value is -4.14. The van der Waals surface area contributed by atoms with Crippen LogP contribution in [0.1, 0.15) is 41.6 Å². The van der Waals surface area contributed by atoms with E-state index in [0.29, 0.717) is 18.5 Å². The fraction of sp³-hybridized carbons (Fsp3) is 0.308. The van der Waals surface area contributed by atoms with Gasteiger partial charge in [0.25, 0.3) is 0 Å². The van der Waals surface area contributed by atoms with Crippen molar-refractivity contribution in [3.05, 3.63) is 77.6 Å². The van der Waals surface area contributed by atoms with Gasteiger partial charge in [0.2, 0.25) is 5.91 Å². The molecule has 1 heterocycles. The number of nitrogens with zero attached hydrogens (tertiary/aromatic N) is 2. The van der Waals surface area contributed by atoms with E-state index in [2.05, 4.69) is 40.0 Å². The van der Waals surface area contributed by atoms with Gasteiger partial charge in [0.1, 0.15) is 6.61 Å². The Morgan fingerprint density at radius 1 is 1.06 bits per heavy atom. The molecule has 9 nitrogen and oxygen atoms in total. The number of benzene rings is 2. The number of carbonyl (C=O) groups is 3. The van der Waals surface area contributed by atoms with Crippen molar-refractivity contribution < 1.29 is 24.2 Å². The fourth-order valence-electron chi connectivity index (χ4n) is 4.95. The zero-order chi connectivity index (χ0) is 24.5. The van der Waals surface area contributed by atoms with Gasteiger partial charge < -0.3 is 20.5 Å². The Balaban J connectivity index is 1.12. The molecule has 0 aliphatic heterocycles. The predicted molar refractivity (Wildman–Crippen MR) is 126 cm³/mol. The van der Waals surface area contributed by atoms with Crippen LogP contribution >= 0.6 is 0 Å². The van der Waals surface area contributed by atoms with Crippen molar-refractivity contribution in [2.75, 3.05) is 6.61 Å². The summed E-state index contributed by atoms with van der Waals surface area (Å²) in [7, 11) is 1.62. The average Bonchev–Trinajstić information content (AvgIpc) is 3.39. The van der Waals surface area contributed by atoms with E-state index < -0.39 is 18.1 Å². The minimum atomic E-state index is -1.18. The van der Waals surface area contributed by atoms with Crippen LogP contribution < -0.4 is 10.6 Å². The normalized spacial score (nSPS) is 19.1. The lowest BCUT2D eigenvalue weighted by molar-refractivity contribution is -0.143. The number of hydrogen-bond donors (Lipinski definition) is 3. The average molecular weight is 475 g/mol. The minimum Gasteiger partial charge on any atom is -0.479 e. The number of aryl methyl sites for hydroxylation is 1. The summed E-state index contributed by atoms with van der Waals surface area (Å²) in [6.45, 7) is 0.224. The zero-order valence-corrected chi connectivity index (χ0v) is 19.2. The van der Waals surface area contributed by atoms with Crippen molar-refractivity contribution in [3.8, 4) is 11.1 Å². The molecule has 1 fully saturated rings. The smallest absolute Gasteiger partial charge is 0.407 e. The first-order valence-electron chi connectivity index (χ1n) is 11.5. The third-order valence-corrected chi connectivity index (χ3v) is 6.86. The molecule has 9 heteroatoms. The molecule has 35 heavy (non-hydrogen) atoms. The number of aromatic nitrogens is 2. The highest BCUT2D eigenvalue weighted by Gasteiger charge is 2.38. The lowest BCUT2D eigenvalue weighted by atomic mass is 9.79. The molecule has 3 N–H and O–H groups in total. The second-order valence-corrected chi connectivity index (χ2v) is 8.99. The Labute approximate surface area is 202 Å². The van der Waals surface area contributed by atoms with Gasteiger partial charge in [-0.25, -0.2) is 9.59 Å². The number of ether oxygens (including phenoxy) is 1. The van der Waals surface area contributed by atoms with E-state index in [-0.39, 0.29) is 30.4 Å². The number of alkyl carbamates (subject to hydrolysis) is 1. The molecule has 1 atom stereocenters. The van der Waals surface area contributed by atoms with Crippen molar-refractivity contribution >= 4 is 18.0 Å². The molecule has 2 aliphatic rings. The first-order chi connectivity index (χ1) is 16.9. The number of carbonyl (C=O) groups excluding carboxylic acids is 2. The van der Waals surface area contributed by atoms with Gasteiger partial charge in [-0.1, -0.05) is 48.5 Å². The Bertz CT molecular complexity index is 1230. The molecule has 180 valence electrons. The molecule has 1 unspecified atom stereocenters. The zero-order valence-electron chi connectivity index (χ0n) is 19.2. The maximum Gasteiger partial charge on any atom is 0.407 e. The molecule has 5 rings (SSSR count). The summed E-state index contributed by atoms with van der Waals surface area (Å²) in [5.41, 5.74) is 5.00. The van der Waals surface area contributed by atoms with Crippen molar-refractivity contribution in [2.24, 2.45) is 13.0 Å². The topological polar surface area (TPSA) is 123 Å². The molecule has 2 aliphatic carbocycles. The van der Waals surface area contributed by atoms with Crippen LogP contribution in [0.5, 0.6) is 0 Å². The molecule has 0 saturated heterocycles. The quantitative estimate of drug-likeness (QED) is 0.484. The summed E-state index contributed by atoms with van der Waals surface area (Å²) >= 11 is 0. The maximum absolute atomic E-state index is 12.6. The summed E-state index contributed by atoms with van der Waals surface area (Å²) < 4.78 is 6.98. The van der Waals surface area contributed by atoms with E-state index in [1.807, 2.05) is 24.3 Å². The number of carboxylic acid groups (broad SMARTS) is 1. The number of fused-ring (bicyclic) bond motifs is 3. The number of nitrogens with one attached hydrogen (secondary N) is 2. The Kier molecular flexibility index (Phi) is 5.98. The summed E-state index contributed by atoms with van der Waals surface area (Å²) in [4.78, 5) is 36.6. The molecular weight excluding hydrogens is 448 g/mol. The number of amides is 2. The maximum atomic E-state index is 12.6. The highest BCUT2D eigenvalue weighted by Crippen LogP contribution is 2.44. The summed E-state index contributed by atoms with van der Waals surface area (Å²) in [5.74, 6) is -1.91. The Morgan fingerprint density at radius 2 is 1.69 bits per heavy atom. The van der Waals surface area contributed by atoms with Crippen molar-refractivity contribution in [2.45, 2.75) is 30.8 Å². The number of hydrogen-bond acceptors (Lipinski definition) is 5. The lowest BCUT2D eigenvalue weighted by Gasteiger charge is -2.35. The van der Waals surface area contributed by atoms with Gasteiger partial charge in [0.05, 0.1) is 5.69 Å². The van der Waals surface area contributed by atoms with Crippen molar-refractivity contribution in [1.29, 1.82) is 0 Å². The largest absolute Gasteiger partial charge is 0.479 e. The van der Waals surface area contributed by atoms with Crippen LogP contribution in [-0.2, 0) is 21.4 Å². The molecular formula is C26H26N4O5. The highest BCUT2D eigenvalue weighted by molar-refractivity contribution is 5.86. The molecule has 2 aromatic carbocycles. The van der Waals surface area contributed by atoms with Gasteiger partial charge in [0, 0.05) is 31.1 Å². The minimum absolute atomic E-state index is 0.0204. The van der Waals surface area contributed by atoms with Crippen LogP contribution in [0.2, 0.25) is 0 Å². The summed E-state index contributed by atoms with van der Waals surface area (Å²) in [6, 6.07) is 16.5. The van der Waals surface area contributed by atoms with Crippen molar-refractivity contribution in [3.63, 3.8) is 0 Å². The van der Waals surface area contributed by atoms with E-state index in [9.17, 15) is 19.5 Å². The molecule has 1 aromatic heterocycles. The molecule has 0 radical (unpaired) electrons. The third-order valence-electron chi connectivity index (χ3n) is 6.86. The van der Waals surface area contributed by atoms with Gasteiger partial charge in [-0.3, -0.25) is 9.48 Å². The van der Waals surface area contributed by atoms with Gasteiger partial charge in [-0.2, -0.15) is 5.10 Å². The van der Waals surface area contributed by atoms with Crippen LogP contribution in [0.15, 0.2) is 60.8 Å². The standard InChI is InChI=1S/C26H26N4O5/c1-30-22(10-11-27-30)23(25(32)33)29-24(31)15-12-16(13-15)28-26(34)35-14-21-19-8-4-2-6-17(19)18-7-3-5-9-20(18)21/h2-11,15-16,21,23H,12-14H2,1H3,(H,28,34)(H,29,31)(H,32,33). The summed E-state index contributed by atoms with van der Waals surface area (Å²) in [6.07, 6.45) is 1.81. The molecule has 1 saturated carbocycles. The van der Waals surface area contributed by atoms with Crippen LogP contribution in [0.25, 0.3) is 11.1 Å².